The number of hydrogen-bond donors (Lipinski definition) is 3. The Bertz CT molecular complexity index is 1170. The number of rotatable bonds is 60. The molecular formula is C66H125NO5. The first-order chi connectivity index (χ1) is 35.5. The van der Waals surface area contributed by atoms with Crippen LogP contribution in [0.5, 0.6) is 0 Å². The van der Waals surface area contributed by atoms with Crippen molar-refractivity contribution in [3.63, 3.8) is 0 Å². The van der Waals surface area contributed by atoms with E-state index >= 15 is 0 Å². The zero-order valence-corrected chi connectivity index (χ0v) is 48.4. The van der Waals surface area contributed by atoms with Crippen LogP contribution in [0, 0.1) is 0 Å². The minimum Gasteiger partial charge on any atom is -0.466 e. The third-order valence-electron chi connectivity index (χ3n) is 14.9. The lowest BCUT2D eigenvalue weighted by atomic mass is 10.0. The zero-order valence-electron chi connectivity index (χ0n) is 48.4. The Labute approximate surface area is 449 Å². The van der Waals surface area contributed by atoms with E-state index in [1.54, 1.807) is 6.08 Å². The lowest BCUT2D eigenvalue weighted by Gasteiger charge is -2.20. The summed E-state index contributed by atoms with van der Waals surface area (Å²) in [5.74, 6) is -0.0933. The molecule has 0 saturated carbocycles. The van der Waals surface area contributed by atoms with Crippen LogP contribution in [-0.2, 0) is 14.3 Å². The maximum absolute atomic E-state index is 12.5. The summed E-state index contributed by atoms with van der Waals surface area (Å²) in [6, 6.07) is -0.641. The third-order valence-corrected chi connectivity index (χ3v) is 14.9. The first kappa shape index (κ1) is 70.1. The van der Waals surface area contributed by atoms with Gasteiger partial charge in [-0.3, -0.25) is 9.59 Å². The molecule has 0 bridgehead atoms. The van der Waals surface area contributed by atoms with E-state index < -0.39 is 12.1 Å². The van der Waals surface area contributed by atoms with Crippen LogP contribution < -0.4 is 5.32 Å². The maximum atomic E-state index is 12.5. The van der Waals surface area contributed by atoms with Crippen LogP contribution in [-0.4, -0.2) is 47.4 Å². The molecule has 72 heavy (non-hydrogen) atoms. The molecule has 0 aliphatic heterocycles. The molecule has 424 valence electrons. The van der Waals surface area contributed by atoms with Crippen molar-refractivity contribution in [1.29, 1.82) is 0 Å². The van der Waals surface area contributed by atoms with Gasteiger partial charge in [0.15, 0.2) is 0 Å². The number of allylic oxidation sites excluding steroid dienone is 5. The molecule has 0 rings (SSSR count). The van der Waals surface area contributed by atoms with Crippen molar-refractivity contribution in [3.8, 4) is 0 Å². The number of aliphatic hydroxyl groups excluding tert-OH is 2. The van der Waals surface area contributed by atoms with E-state index in [9.17, 15) is 19.8 Å². The number of carbonyl (C=O) groups excluding carboxylic acids is 2. The predicted octanol–water partition coefficient (Wildman–Crippen LogP) is 20.4. The number of nitrogens with one attached hydrogen (secondary N) is 1. The van der Waals surface area contributed by atoms with Crippen LogP contribution in [0.4, 0.5) is 0 Å². The predicted molar refractivity (Wildman–Crippen MR) is 315 cm³/mol. The fourth-order valence-electron chi connectivity index (χ4n) is 9.96. The summed E-state index contributed by atoms with van der Waals surface area (Å²) in [5.41, 5.74) is 0. The quantitative estimate of drug-likeness (QED) is 0.0320. The van der Waals surface area contributed by atoms with Gasteiger partial charge in [-0.15, -0.1) is 0 Å². The molecule has 0 heterocycles. The molecule has 6 heteroatoms. The first-order valence-corrected chi connectivity index (χ1v) is 32.3. The van der Waals surface area contributed by atoms with E-state index in [0.29, 0.717) is 19.4 Å². The molecule has 6 nitrogen and oxygen atoms in total. The second-order valence-electron chi connectivity index (χ2n) is 22.1. The number of aliphatic hydroxyl groups is 2. The van der Waals surface area contributed by atoms with Crippen molar-refractivity contribution in [2.24, 2.45) is 0 Å². The van der Waals surface area contributed by atoms with Crippen LogP contribution >= 0.6 is 0 Å². The molecule has 0 saturated heterocycles. The minimum absolute atomic E-state index is 0.0121. The van der Waals surface area contributed by atoms with Gasteiger partial charge >= 0.3 is 5.97 Å². The van der Waals surface area contributed by atoms with E-state index in [0.717, 1.165) is 83.5 Å². The Morgan fingerprint density at radius 3 is 1.06 bits per heavy atom. The number of esters is 1. The molecule has 2 unspecified atom stereocenters. The molecule has 1 amide bonds. The summed E-state index contributed by atoms with van der Waals surface area (Å²) in [6.07, 6.45) is 77.6. The maximum Gasteiger partial charge on any atom is 0.305 e. The molecule has 0 fully saturated rings. The molecule has 0 aromatic rings. The van der Waals surface area contributed by atoms with Gasteiger partial charge in [0.1, 0.15) is 0 Å². The lowest BCUT2D eigenvalue weighted by Crippen LogP contribution is -2.45. The molecule has 0 aromatic carbocycles. The molecular weight excluding hydrogens is 887 g/mol. The van der Waals surface area contributed by atoms with Crippen LogP contribution in [0.25, 0.3) is 0 Å². The molecule has 3 N–H and O–H groups in total. The van der Waals surface area contributed by atoms with E-state index in [1.807, 2.05) is 6.08 Å². The number of unbranched alkanes of at least 4 members (excludes halogenated alkanes) is 45. The van der Waals surface area contributed by atoms with Gasteiger partial charge in [0.05, 0.1) is 25.4 Å². The molecule has 0 spiro atoms. The summed E-state index contributed by atoms with van der Waals surface area (Å²) in [5, 5.41) is 23.2. The number of ether oxygens (including phenoxy) is 1. The Morgan fingerprint density at radius 1 is 0.389 bits per heavy atom. The van der Waals surface area contributed by atoms with Gasteiger partial charge in [-0.25, -0.2) is 0 Å². The van der Waals surface area contributed by atoms with E-state index in [4.69, 9.17) is 4.74 Å². The van der Waals surface area contributed by atoms with Crippen molar-refractivity contribution < 1.29 is 24.5 Å². The van der Waals surface area contributed by atoms with E-state index in [1.165, 1.54) is 238 Å². The fourth-order valence-corrected chi connectivity index (χ4v) is 9.96. The standard InChI is InChI=1S/C66H125NO5/c1-3-5-7-9-11-13-15-17-19-21-22-23-24-27-30-34-38-42-46-50-54-58-64(69)63(62-68)67-65(70)59-55-51-47-43-39-35-31-28-25-29-33-37-41-45-49-53-57-61-72-66(71)60-56-52-48-44-40-36-32-26-20-18-16-14-12-10-8-6-4-2/h25,29,37,41,54,58,63-64,68-69H,3-24,26-28,30-36,38-40,42-53,55-57,59-62H2,1-2H3,(H,67,70)/b29-25-,41-37-,58-54+. The highest BCUT2D eigenvalue weighted by Crippen LogP contribution is 2.18. The van der Waals surface area contributed by atoms with Gasteiger partial charge in [0.25, 0.3) is 0 Å². The van der Waals surface area contributed by atoms with Crippen LogP contribution in [0.1, 0.15) is 348 Å². The normalized spacial score (nSPS) is 12.8. The van der Waals surface area contributed by atoms with Gasteiger partial charge in [-0.1, -0.05) is 301 Å². The van der Waals surface area contributed by atoms with Crippen molar-refractivity contribution >= 4 is 11.9 Å². The average molecular weight is 1010 g/mol. The molecule has 2 atom stereocenters. The second kappa shape index (κ2) is 61.6. The summed E-state index contributed by atoms with van der Waals surface area (Å²) < 4.78 is 5.47. The fraction of sp³-hybridized carbons (Fsp3) is 0.879. The first-order valence-electron chi connectivity index (χ1n) is 32.3. The molecule has 0 aliphatic carbocycles. The van der Waals surface area contributed by atoms with Gasteiger partial charge < -0.3 is 20.3 Å². The summed E-state index contributed by atoms with van der Waals surface area (Å²) in [7, 11) is 0. The highest BCUT2D eigenvalue weighted by atomic mass is 16.5. The molecule has 0 aromatic heterocycles. The molecule has 0 aliphatic rings. The van der Waals surface area contributed by atoms with Gasteiger partial charge in [-0.05, 0) is 70.6 Å². The number of carbonyl (C=O) groups is 2. The van der Waals surface area contributed by atoms with Crippen molar-refractivity contribution in [2.45, 2.75) is 360 Å². The Hall–Kier alpha value is -1.92. The highest BCUT2D eigenvalue weighted by molar-refractivity contribution is 5.76. The Kier molecular flexibility index (Phi) is 60.0. The van der Waals surface area contributed by atoms with Crippen molar-refractivity contribution in [1.82, 2.24) is 5.32 Å². The smallest absolute Gasteiger partial charge is 0.305 e. The summed E-state index contributed by atoms with van der Waals surface area (Å²) in [4.78, 5) is 24.6. The van der Waals surface area contributed by atoms with Gasteiger partial charge in [0, 0.05) is 12.8 Å². The average Bonchev–Trinajstić information content (AvgIpc) is 3.38. The minimum atomic E-state index is -0.856. The topological polar surface area (TPSA) is 95.9 Å². The van der Waals surface area contributed by atoms with Crippen molar-refractivity contribution in [3.05, 3.63) is 36.5 Å². The third kappa shape index (κ3) is 57.4. The SMILES string of the molecule is CCCCCCCCCCCCCCCCCCCCC/C=C/C(O)C(CO)NC(=O)CCCCCCCCC/C=C\C/C=C\CCCCCOC(=O)CCCCCCCCCCCCCCCCCCC. The van der Waals surface area contributed by atoms with Crippen LogP contribution in [0.15, 0.2) is 36.5 Å². The van der Waals surface area contributed by atoms with Gasteiger partial charge in [-0.2, -0.15) is 0 Å². The largest absolute Gasteiger partial charge is 0.466 e. The number of amides is 1. The second-order valence-corrected chi connectivity index (χ2v) is 22.1. The summed E-state index contributed by atoms with van der Waals surface area (Å²) in [6.45, 7) is 4.89. The zero-order chi connectivity index (χ0) is 52.2. The van der Waals surface area contributed by atoms with Crippen LogP contribution in [0.3, 0.4) is 0 Å². The molecule has 0 radical (unpaired) electrons. The van der Waals surface area contributed by atoms with Crippen molar-refractivity contribution in [2.75, 3.05) is 13.2 Å². The summed E-state index contributed by atoms with van der Waals surface area (Å²) >= 11 is 0. The monoisotopic (exact) mass is 1010 g/mol. The van der Waals surface area contributed by atoms with Crippen LogP contribution in [0.2, 0.25) is 0 Å². The van der Waals surface area contributed by atoms with E-state index in [2.05, 4.69) is 43.5 Å². The highest BCUT2D eigenvalue weighted by Gasteiger charge is 2.18. The number of hydrogen-bond acceptors (Lipinski definition) is 5. The van der Waals surface area contributed by atoms with E-state index in [-0.39, 0.29) is 18.5 Å². The Balaban J connectivity index is 3.50. The van der Waals surface area contributed by atoms with Gasteiger partial charge in [0.2, 0.25) is 5.91 Å². The Morgan fingerprint density at radius 2 is 0.694 bits per heavy atom. The lowest BCUT2D eigenvalue weighted by molar-refractivity contribution is -0.143.